The third-order valence-electron chi connectivity index (χ3n) is 3.55. The number of amides is 1. The highest BCUT2D eigenvalue weighted by Gasteiger charge is 2.38. The highest BCUT2D eigenvalue weighted by molar-refractivity contribution is 14.1. The molecule has 11 heteroatoms. The first-order chi connectivity index (χ1) is 13.0. The van der Waals surface area contributed by atoms with Crippen LogP contribution < -0.4 is 10.8 Å². The van der Waals surface area contributed by atoms with Crippen LogP contribution in [0.3, 0.4) is 0 Å². The molecule has 0 aliphatic heterocycles. The van der Waals surface area contributed by atoms with Gasteiger partial charge in [0.15, 0.2) is 6.10 Å². The summed E-state index contributed by atoms with van der Waals surface area (Å²) in [7, 11) is 0. The fourth-order valence-electron chi connectivity index (χ4n) is 2.09. The number of aliphatic hydroxyl groups is 1. The lowest BCUT2D eigenvalue weighted by Gasteiger charge is -2.17. The molecule has 2 aromatic rings. The maximum Gasteiger partial charge on any atom is 0.416 e. The van der Waals surface area contributed by atoms with Gasteiger partial charge in [-0.15, -0.1) is 0 Å². The number of hydroxylamine groups is 1. The quantitative estimate of drug-likeness (QED) is 0.262. The van der Waals surface area contributed by atoms with E-state index in [4.69, 9.17) is 5.11 Å². The Morgan fingerprint density at radius 2 is 1.96 bits per heavy atom. The summed E-state index contributed by atoms with van der Waals surface area (Å²) in [4.78, 5) is 16.8. The van der Waals surface area contributed by atoms with Gasteiger partial charge in [0.2, 0.25) is 0 Å². The Bertz CT molecular complexity index is 880. The molecule has 0 saturated carbocycles. The van der Waals surface area contributed by atoms with Crippen molar-refractivity contribution in [3.63, 3.8) is 0 Å². The van der Waals surface area contributed by atoms with E-state index in [0.717, 1.165) is 15.2 Å². The van der Waals surface area contributed by atoms with Crippen molar-refractivity contribution in [3.8, 4) is 0 Å². The summed E-state index contributed by atoms with van der Waals surface area (Å²) in [5.41, 5.74) is 3.28. The van der Waals surface area contributed by atoms with Crippen LogP contribution in [0.5, 0.6) is 0 Å². The maximum absolute atomic E-state index is 14.0. The Balaban J connectivity index is 2.21. The number of halogens is 6. The van der Waals surface area contributed by atoms with E-state index in [0.29, 0.717) is 5.69 Å². The van der Waals surface area contributed by atoms with Crippen LogP contribution in [0.2, 0.25) is 0 Å². The second-order valence-electron chi connectivity index (χ2n) is 5.70. The Hall–Kier alpha value is -1.44. The fraction of sp³-hybridized carbons (Fsp3) is 0.235. The van der Waals surface area contributed by atoms with Crippen molar-refractivity contribution < 1.29 is 32.3 Å². The molecule has 1 atom stereocenters. The van der Waals surface area contributed by atoms with E-state index in [1.54, 1.807) is 6.07 Å². The summed E-state index contributed by atoms with van der Waals surface area (Å²) in [6, 6.07) is 7.67. The number of nitrogens with one attached hydrogen (secondary N) is 2. The average Bonchev–Trinajstić information content (AvgIpc) is 2.59. The molecule has 1 unspecified atom stereocenters. The van der Waals surface area contributed by atoms with Crippen LogP contribution in [0.1, 0.15) is 15.9 Å². The number of hydrogen-bond donors (Lipinski definition) is 3. The van der Waals surface area contributed by atoms with Gasteiger partial charge < -0.3 is 10.4 Å². The second-order valence-corrected chi connectivity index (χ2v) is 7.80. The number of hydrogen-bond acceptors (Lipinski definition) is 4. The van der Waals surface area contributed by atoms with Gasteiger partial charge in [-0.25, -0.2) is 9.87 Å². The summed E-state index contributed by atoms with van der Waals surface area (Å²) in [6.45, 7) is 0.637. The lowest BCUT2D eigenvalue weighted by atomic mass is 10.1. The van der Waals surface area contributed by atoms with Gasteiger partial charge in [0.25, 0.3) is 5.91 Å². The number of aryl methyl sites for hydroxylation is 1. The fourth-order valence-corrected chi connectivity index (χ4v) is 3.08. The molecule has 5 nitrogen and oxygen atoms in total. The molecule has 2 aromatic carbocycles. The van der Waals surface area contributed by atoms with Gasteiger partial charge in [-0.3, -0.25) is 9.63 Å². The summed E-state index contributed by atoms with van der Waals surface area (Å²) in [5.74, 6) is -1.56. The lowest BCUT2D eigenvalue weighted by molar-refractivity contribution is -0.221. The Labute approximate surface area is 179 Å². The van der Waals surface area contributed by atoms with E-state index >= 15 is 0 Å². The molecule has 2 rings (SSSR count). The molecular weight excluding hydrogens is 563 g/mol. The van der Waals surface area contributed by atoms with Crippen molar-refractivity contribution in [1.82, 2.24) is 5.48 Å². The standard InChI is InChI=1S/C17H14BrF4IN2O3/c1-8-4-9(23)2-3-13(8)24-14-6-12(19)11(18)5-10(14)16(27)25-28-7-15(26)17(20,21)22/h2-6,15,24,26H,7H2,1H3,(H,25,27). The zero-order valence-electron chi connectivity index (χ0n) is 14.2. The van der Waals surface area contributed by atoms with E-state index < -0.39 is 30.6 Å². The number of carbonyl (C=O) groups is 1. The van der Waals surface area contributed by atoms with Crippen molar-refractivity contribution in [3.05, 3.63) is 55.3 Å². The van der Waals surface area contributed by atoms with E-state index in [-0.39, 0.29) is 15.7 Å². The zero-order valence-corrected chi connectivity index (χ0v) is 17.9. The maximum atomic E-state index is 14.0. The molecule has 0 spiro atoms. The molecule has 0 heterocycles. The van der Waals surface area contributed by atoms with Gasteiger partial charge in [0.1, 0.15) is 12.4 Å². The summed E-state index contributed by atoms with van der Waals surface area (Å²) in [5, 5.41) is 11.8. The molecule has 28 heavy (non-hydrogen) atoms. The van der Waals surface area contributed by atoms with Gasteiger partial charge in [-0.05, 0) is 81.3 Å². The molecule has 1 amide bonds. The molecule has 0 radical (unpaired) electrons. The number of anilines is 2. The minimum atomic E-state index is -4.88. The lowest BCUT2D eigenvalue weighted by Crippen LogP contribution is -2.36. The topological polar surface area (TPSA) is 70.6 Å². The van der Waals surface area contributed by atoms with E-state index in [1.165, 1.54) is 6.07 Å². The molecule has 152 valence electrons. The first-order valence-corrected chi connectivity index (χ1v) is 9.55. The van der Waals surface area contributed by atoms with Crippen molar-refractivity contribution in [2.75, 3.05) is 11.9 Å². The van der Waals surface area contributed by atoms with Crippen molar-refractivity contribution >= 4 is 55.8 Å². The van der Waals surface area contributed by atoms with Gasteiger partial charge in [-0.1, -0.05) is 0 Å². The van der Waals surface area contributed by atoms with Crippen LogP contribution in [0.25, 0.3) is 0 Å². The van der Waals surface area contributed by atoms with Crippen LogP contribution in [0.4, 0.5) is 28.9 Å². The van der Waals surface area contributed by atoms with Gasteiger partial charge >= 0.3 is 6.18 Å². The number of alkyl halides is 3. The minimum absolute atomic E-state index is 0.0159. The Morgan fingerprint density at radius 3 is 2.57 bits per heavy atom. The van der Waals surface area contributed by atoms with Gasteiger partial charge in [-0.2, -0.15) is 13.2 Å². The van der Waals surface area contributed by atoms with Crippen molar-refractivity contribution in [2.24, 2.45) is 0 Å². The van der Waals surface area contributed by atoms with Gasteiger partial charge in [0.05, 0.1) is 15.7 Å². The highest BCUT2D eigenvalue weighted by atomic mass is 127. The third-order valence-corrected chi connectivity index (χ3v) is 4.83. The summed E-state index contributed by atoms with van der Waals surface area (Å²) < 4.78 is 51.7. The van der Waals surface area contributed by atoms with Crippen LogP contribution in [0.15, 0.2) is 34.8 Å². The van der Waals surface area contributed by atoms with Crippen LogP contribution in [-0.2, 0) is 4.84 Å². The minimum Gasteiger partial charge on any atom is -0.381 e. The molecule has 0 saturated heterocycles. The van der Waals surface area contributed by atoms with Crippen LogP contribution >= 0.6 is 38.5 Å². The molecule has 3 N–H and O–H groups in total. The summed E-state index contributed by atoms with van der Waals surface area (Å²) in [6.07, 6.45) is -7.63. The predicted molar refractivity (Wildman–Crippen MR) is 107 cm³/mol. The highest BCUT2D eigenvalue weighted by Crippen LogP contribution is 2.29. The number of aliphatic hydroxyl groups excluding tert-OH is 1. The van der Waals surface area contributed by atoms with Crippen molar-refractivity contribution in [2.45, 2.75) is 19.2 Å². The first kappa shape index (κ1) is 22.8. The van der Waals surface area contributed by atoms with E-state index in [1.807, 2.05) is 24.5 Å². The zero-order chi connectivity index (χ0) is 21.1. The molecule has 0 bridgehead atoms. The number of carbonyl (C=O) groups excluding carboxylic acids is 1. The van der Waals surface area contributed by atoms with Crippen molar-refractivity contribution in [1.29, 1.82) is 0 Å². The van der Waals surface area contributed by atoms with Gasteiger partial charge in [0, 0.05) is 9.26 Å². The number of rotatable bonds is 6. The van der Waals surface area contributed by atoms with Crippen LogP contribution in [-0.4, -0.2) is 29.9 Å². The number of benzene rings is 2. The average molecular weight is 577 g/mol. The Morgan fingerprint density at radius 1 is 1.29 bits per heavy atom. The molecule has 0 aliphatic rings. The molecule has 0 fully saturated rings. The monoisotopic (exact) mass is 576 g/mol. The second kappa shape index (κ2) is 9.37. The SMILES string of the molecule is Cc1cc(I)ccc1Nc1cc(F)c(Br)cc1C(=O)NOCC(O)C(F)(F)F. The van der Waals surface area contributed by atoms with Crippen LogP contribution in [0, 0.1) is 16.3 Å². The molecule has 0 aliphatic carbocycles. The molecule has 0 aromatic heterocycles. The normalized spacial score (nSPS) is 12.6. The Kier molecular flexibility index (Phi) is 7.65. The first-order valence-electron chi connectivity index (χ1n) is 7.68. The third kappa shape index (κ3) is 6.03. The predicted octanol–water partition coefficient (Wildman–Crippen LogP) is 4.83. The largest absolute Gasteiger partial charge is 0.416 e. The van der Waals surface area contributed by atoms with E-state index in [2.05, 4.69) is 48.7 Å². The van der Waals surface area contributed by atoms with E-state index in [9.17, 15) is 22.4 Å². The smallest absolute Gasteiger partial charge is 0.381 e. The molecular formula is C17H14BrF4IN2O3. The summed E-state index contributed by atoms with van der Waals surface area (Å²) >= 11 is 5.09.